The standard InChI is InChI=1S/C15H20O9/c1-6-11-13(24-15(6)19)14(22-9(4)18)12(21-8(3)17)10(23-11)5-20-7(2)16/h6,10-14H,5H2,1-4H3/t6?,10-,11?,12+,13+,14+/m1/s1. The molecule has 6 atom stereocenters. The first-order valence-corrected chi connectivity index (χ1v) is 7.54. The zero-order chi connectivity index (χ0) is 18.0. The average molecular weight is 344 g/mol. The van der Waals surface area contributed by atoms with Gasteiger partial charge in [0.1, 0.15) is 18.8 Å². The molecule has 2 unspecified atom stereocenters. The van der Waals surface area contributed by atoms with Gasteiger partial charge in [-0.2, -0.15) is 0 Å². The second-order valence-corrected chi connectivity index (χ2v) is 5.78. The van der Waals surface area contributed by atoms with Gasteiger partial charge in [0, 0.05) is 20.8 Å². The lowest BCUT2D eigenvalue weighted by Crippen LogP contribution is -2.60. The maximum atomic E-state index is 11.8. The number of hydrogen-bond acceptors (Lipinski definition) is 9. The van der Waals surface area contributed by atoms with Gasteiger partial charge >= 0.3 is 23.9 Å². The summed E-state index contributed by atoms with van der Waals surface area (Å²) in [5, 5.41) is 0. The lowest BCUT2D eigenvalue weighted by atomic mass is 9.90. The van der Waals surface area contributed by atoms with Crippen molar-refractivity contribution in [2.45, 2.75) is 58.2 Å². The number of carbonyl (C=O) groups is 4. The highest BCUT2D eigenvalue weighted by molar-refractivity contribution is 5.76. The summed E-state index contributed by atoms with van der Waals surface area (Å²) < 4.78 is 26.4. The Labute approximate surface area is 138 Å². The molecule has 0 bridgehead atoms. The van der Waals surface area contributed by atoms with Crippen LogP contribution in [0.15, 0.2) is 0 Å². The minimum atomic E-state index is -1.06. The van der Waals surface area contributed by atoms with Crippen molar-refractivity contribution < 1.29 is 42.9 Å². The van der Waals surface area contributed by atoms with Gasteiger partial charge in [0.25, 0.3) is 0 Å². The number of hydrogen-bond donors (Lipinski definition) is 0. The van der Waals surface area contributed by atoms with Crippen molar-refractivity contribution in [1.82, 2.24) is 0 Å². The molecule has 2 aliphatic heterocycles. The molecular formula is C15H20O9. The minimum Gasteiger partial charge on any atom is -0.463 e. The Morgan fingerprint density at radius 2 is 1.54 bits per heavy atom. The minimum absolute atomic E-state index is 0.213. The number of esters is 4. The Morgan fingerprint density at radius 1 is 0.958 bits per heavy atom. The fourth-order valence-electron chi connectivity index (χ4n) is 2.85. The van der Waals surface area contributed by atoms with Gasteiger partial charge < -0.3 is 23.7 Å². The van der Waals surface area contributed by atoms with Gasteiger partial charge in [-0.05, 0) is 6.92 Å². The Kier molecular flexibility index (Phi) is 5.43. The number of carbonyl (C=O) groups excluding carboxylic acids is 4. The van der Waals surface area contributed by atoms with Crippen LogP contribution in [0.1, 0.15) is 27.7 Å². The molecule has 2 heterocycles. The van der Waals surface area contributed by atoms with Crippen molar-refractivity contribution in [2.24, 2.45) is 5.92 Å². The third-order valence-corrected chi connectivity index (χ3v) is 3.84. The largest absolute Gasteiger partial charge is 0.463 e. The van der Waals surface area contributed by atoms with Crippen LogP contribution in [0.5, 0.6) is 0 Å². The highest BCUT2D eigenvalue weighted by atomic mass is 16.7. The van der Waals surface area contributed by atoms with Crippen LogP contribution in [0.2, 0.25) is 0 Å². The van der Waals surface area contributed by atoms with Crippen LogP contribution in [0.4, 0.5) is 0 Å². The van der Waals surface area contributed by atoms with Gasteiger partial charge in [-0.3, -0.25) is 19.2 Å². The fraction of sp³-hybridized carbons (Fsp3) is 0.733. The molecule has 2 rings (SSSR count). The van der Waals surface area contributed by atoms with Gasteiger partial charge in [-0.15, -0.1) is 0 Å². The van der Waals surface area contributed by atoms with E-state index in [1.165, 1.54) is 20.8 Å². The van der Waals surface area contributed by atoms with Crippen LogP contribution in [-0.4, -0.2) is 61.0 Å². The third kappa shape index (κ3) is 3.84. The number of fused-ring (bicyclic) bond motifs is 1. The quantitative estimate of drug-likeness (QED) is 0.502. The molecule has 0 aliphatic carbocycles. The maximum absolute atomic E-state index is 11.8. The number of ether oxygens (including phenoxy) is 5. The summed E-state index contributed by atoms with van der Waals surface area (Å²) in [6, 6.07) is 0. The van der Waals surface area contributed by atoms with Crippen LogP contribution in [0.3, 0.4) is 0 Å². The van der Waals surface area contributed by atoms with Gasteiger partial charge in [-0.1, -0.05) is 0 Å². The normalized spacial score (nSPS) is 34.8. The van der Waals surface area contributed by atoms with E-state index >= 15 is 0 Å². The van der Waals surface area contributed by atoms with Gasteiger partial charge in [-0.25, -0.2) is 0 Å². The SMILES string of the molecule is CC(=O)OC[C@H]1OC2C(C)C(=O)O[C@@H]2[C@@H](OC(C)=O)[C@H]1OC(C)=O. The van der Waals surface area contributed by atoms with E-state index in [4.69, 9.17) is 23.7 Å². The molecule has 134 valence electrons. The monoisotopic (exact) mass is 344 g/mol. The summed E-state index contributed by atoms with van der Waals surface area (Å²) >= 11 is 0. The van der Waals surface area contributed by atoms with Crippen LogP contribution in [-0.2, 0) is 42.9 Å². The average Bonchev–Trinajstić information content (AvgIpc) is 2.74. The highest BCUT2D eigenvalue weighted by Gasteiger charge is 2.58. The van der Waals surface area contributed by atoms with Crippen molar-refractivity contribution in [3.63, 3.8) is 0 Å². The summed E-state index contributed by atoms with van der Waals surface area (Å²) in [5.74, 6) is -2.90. The summed E-state index contributed by atoms with van der Waals surface area (Å²) in [6.45, 7) is 5.00. The van der Waals surface area contributed by atoms with Crippen LogP contribution >= 0.6 is 0 Å². The molecule has 0 spiro atoms. The smallest absolute Gasteiger partial charge is 0.311 e. The molecule has 0 radical (unpaired) electrons. The van der Waals surface area contributed by atoms with E-state index in [1.54, 1.807) is 6.92 Å². The van der Waals surface area contributed by atoms with Crippen LogP contribution in [0, 0.1) is 5.92 Å². The lowest BCUT2D eigenvalue weighted by Gasteiger charge is -2.42. The summed E-state index contributed by atoms with van der Waals surface area (Å²) in [7, 11) is 0. The van der Waals surface area contributed by atoms with Gasteiger partial charge in [0.15, 0.2) is 18.3 Å². The zero-order valence-corrected chi connectivity index (χ0v) is 13.8. The first kappa shape index (κ1) is 18.2. The van der Waals surface area contributed by atoms with Crippen molar-refractivity contribution >= 4 is 23.9 Å². The Hall–Kier alpha value is -2.16. The molecule has 2 fully saturated rings. The molecule has 24 heavy (non-hydrogen) atoms. The van der Waals surface area contributed by atoms with Crippen molar-refractivity contribution in [1.29, 1.82) is 0 Å². The van der Waals surface area contributed by atoms with Crippen molar-refractivity contribution in [2.75, 3.05) is 6.61 Å². The van der Waals surface area contributed by atoms with E-state index in [0.29, 0.717) is 0 Å². The second-order valence-electron chi connectivity index (χ2n) is 5.78. The summed E-state index contributed by atoms with van der Waals surface area (Å²) in [5.41, 5.74) is 0. The first-order valence-electron chi connectivity index (χ1n) is 7.54. The molecule has 0 aromatic carbocycles. The molecule has 2 saturated heterocycles. The topological polar surface area (TPSA) is 114 Å². The molecule has 0 aromatic rings. The number of rotatable bonds is 4. The summed E-state index contributed by atoms with van der Waals surface area (Å²) in [4.78, 5) is 45.8. The van der Waals surface area contributed by atoms with Crippen molar-refractivity contribution in [3.05, 3.63) is 0 Å². The maximum Gasteiger partial charge on any atom is 0.311 e. The first-order chi connectivity index (χ1) is 11.2. The second kappa shape index (κ2) is 7.16. The molecule has 2 aliphatic rings. The molecule has 0 N–H and O–H groups in total. The lowest BCUT2D eigenvalue weighted by molar-refractivity contribution is -0.239. The van der Waals surface area contributed by atoms with Crippen LogP contribution < -0.4 is 0 Å². The predicted molar refractivity (Wildman–Crippen MR) is 75.4 cm³/mol. The molecule has 0 saturated carbocycles. The third-order valence-electron chi connectivity index (χ3n) is 3.84. The van der Waals surface area contributed by atoms with E-state index in [0.717, 1.165) is 0 Å². The predicted octanol–water partition coefficient (Wildman–Crippen LogP) is -0.258. The molecular weight excluding hydrogens is 324 g/mol. The van der Waals surface area contributed by atoms with Crippen LogP contribution in [0.25, 0.3) is 0 Å². The Morgan fingerprint density at radius 3 is 2.08 bits per heavy atom. The molecule has 0 aromatic heterocycles. The van der Waals surface area contributed by atoms with Crippen molar-refractivity contribution in [3.8, 4) is 0 Å². The Bertz CT molecular complexity index is 543. The summed E-state index contributed by atoms with van der Waals surface area (Å²) in [6.07, 6.45) is -4.59. The van der Waals surface area contributed by atoms with E-state index in [2.05, 4.69) is 0 Å². The zero-order valence-electron chi connectivity index (χ0n) is 13.8. The highest BCUT2D eigenvalue weighted by Crippen LogP contribution is 2.37. The van der Waals surface area contributed by atoms with E-state index in [1.807, 2.05) is 0 Å². The van der Waals surface area contributed by atoms with E-state index in [9.17, 15) is 19.2 Å². The fourth-order valence-corrected chi connectivity index (χ4v) is 2.85. The Balaban J connectivity index is 2.30. The molecule has 9 heteroatoms. The van der Waals surface area contributed by atoms with Gasteiger partial charge in [0.2, 0.25) is 0 Å². The molecule has 0 amide bonds. The van der Waals surface area contributed by atoms with E-state index in [-0.39, 0.29) is 6.61 Å². The molecule has 9 nitrogen and oxygen atoms in total. The van der Waals surface area contributed by atoms with Gasteiger partial charge in [0.05, 0.1) is 5.92 Å². The van der Waals surface area contributed by atoms with E-state index < -0.39 is 60.3 Å².